The topological polar surface area (TPSA) is 3.24 Å². The molecular weight excluding hydrogens is 975 g/mol. The zero-order valence-corrected chi connectivity index (χ0v) is 48.2. The molecule has 1 atom stereocenters. The molecule has 0 saturated carbocycles. The molecular formula is C80H69N. The summed E-state index contributed by atoms with van der Waals surface area (Å²) >= 11 is 0. The molecule has 11 aromatic rings. The fourth-order valence-corrected chi connectivity index (χ4v) is 14.6. The molecule has 0 fully saturated rings. The molecule has 0 amide bonds. The van der Waals surface area contributed by atoms with E-state index in [1.165, 1.54) is 117 Å². The van der Waals surface area contributed by atoms with Gasteiger partial charge in [0.05, 0.1) is 11.1 Å². The summed E-state index contributed by atoms with van der Waals surface area (Å²) in [4.78, 5) is 2.54. The first-order valence-electron chi connectivity index (χ1n) is 29.1. The predicted molar refractivity (Wildman–Crippen MR) is 342 cm³/mol. The third-order valence-electron chi connectivity index (χ3n) is 18.8. The molecule has 0 bridgehead atoms. The largest absolute Gasteiger partial charge is 0.310 e. The molecule has 0 saturated heterocycles. The van der Waals surface area contributed by atoms with Crippen molar-refractivity contribution in [2.24, 2.45) is 0 Å². The van der Waals surface area contributed by atoms with Gasteiger partial charge in [0, 0.05) is 27.8 Å². The van der Waals surface area contributed by atoms with Gasteiger partial charge in [0.15, 0.2) is 0 Å². The van der Waals surface area contributed by atoms with Gasteiger partial charge in [0.25, 0.3) is 0 Å². The minimum absolute atomic E-state index is 0.00811. The Morgan fingerprint density at radius 3 is 1.36 bits per heavy atom. The summed E-state index contributed by atoms with van der Waals surface area (Å²) in [6.07, 6.45) is 0. The van der Waals surface area contributed by atoms with E-state index in [4.69, 9.17) is 0 Å². The van der Waals surface area contributed by atoms with E-state index >= 15 is 0 Å². The molecule has 11 aromatic carbocycles. The third kappa shape index (κ3) is 7.65. The van der Waals surface area contributed by atoms with Crippen LogP contribution >= 0.6 is 0 Å². The van der Waals surface area contributed by atoms with Crippen molar-refractivity contribution in [1.29, 1.82) is 0 Å². The van der Waals surface area contributed by atoms with Gasteiger partial charge in [0.1, 0.15) is 0 Å². The molecule has 1 unspecified atom stereocenters. The third-order valence-corrected chi connectivity index (χ3v) is 18.8. The van der Waals surface area contributed by atoms with E-state index in [2.05, 4.69) is 322 Å². The van der Waals surface area contributed by atoms with Crippen LogP contribution in [0.25, 0.3) is 55.6 Å². The molecule has 3 aliphatic rings. The monoisotopic (exact) mass is 1040 g/mol. The van der Waals surface area contributed by atoms with Gasteiger partial charge in [-0.1, -0.05) is 274 Å². The molecule has 1 nitrogen and oxygen atoms in total. The first kappa shape index (κ1) is 50.4. The van der Waals surface area contributed by atoms with E-state index in [0.29, 0.717) is 0 Å². The van der Waals surface area contributed by atoms with Crippen molar-refractivity contribution in [2.45, 2.75) is 89.4 Å². The second kappa shape index (κ2) is 18.4. The second-order valence-corrected chi connectivity index (χ2v) is 25.8. The van der Waals surface area contributed by atoms with Crippen LogP contribution in [0.3, 0.4) is 0 Å². The maximum atomic E-state index is 2.54. The Morgan fingerprint density at radius 1 is 0.296 bits per heavy atom. The fraction of sp³-hybridized carbons (Fsp3) is 0.175. The van der Waals surface area contributed by atoms with Gasteiger partial charge in [-0.25, -0.2) is 0 Å². The Balaban J connectivity index is 0.984. The van der Waals surface area contributed by atoms with Gasteiger partial charge in [0.2, 0.25) is 0 Å². The highest BCUT2D eigenvalue weighted by Gasteiger charge is 2.47. The summed E-state index contributed by atoms with van der Waals surface area (Å²) in [5, 5.41) is 0. The van der Waals surface area contributed by atoms with E-state index in [-0.39, 0.29) is 21.7 Å². The van der Waals surface area contributed by atoms with Crippen LogP contribution in [0.5, 0.6) is 0 Å². The van der Waals surface area contributed by atoms with E-state index < -0.39 is 5.41 Å². The lowest BCUT2D eigenvalue weighted by Crippen LogP contribution is -2.29. The van der Waals surface area contributed by atoms with Crippen LogP contribution in [0.2, 0.25) is 0 Å². The quantitative estimate of drug-likeness (QED) is 0.147. The summed E-state index contributed by atoms with van der Waals surface area (Å²) in [6, 6.07) is 97.2. The van der Waals surface area contributed by atoms with Crippen LogP contribution in [-0.4, -0.2) is 0 Å². The van der Waals surface area contributed by atoms with Gasteiger partial charge in [-0.15, -0.1) is 0 Å². The number of para-hydroxylation sites is 1. The molecule has 0 N–H and O–H groups in total. The maximum Gasteiger partial charge on any atom is 0.0714 e. The highest BCUT2D eigenvalue weighted by atomic mass is 15.1. The van der Waals surface area contributed by atoms with Gasteiger partial charge in [-0.2, -0.15) is 0 Å². The second-order valence-electron chi connectivity index (χ2n) is 25.8. The molecule has 0 heterocycles. The molecule has 1 heteroatoms. The fourth-order valence-electron chi connectivity index (χ4n) is 14.6. The van der Waals surface area contributed by atoms with Gasteiger partial charge in [-0.3, -0.25) is 0 Å². The highest BCUT2D eigenvalue weighted by Crippen LogP contribution is 2.59. The highest BCUT2D eigenvalue weighted by molar-refractivity contribution is 5.96. The molecule has 0 aliphatic heterocycles. The SMILES string of the molecule is CC(C)(C)c1ccc(C2(c3ccc(C(C)(C)C)cc3)c3ccccc3-c3ccc(N(c4ccc(-c5ccc6c(c5)C(C)(c5ccccc5)c5ccccc5-6)cc4)c4ccccc4-c4cccc5c4C(C)(C)c4ccccc4-5)cc32)cc1. The summed E-state index contributed by atoms with van der Waals surface area (Å²) in [6.45, 7) is 21.1. The van der Waals surface area contributed by atoms with Crippen LogP contribution in [-0.2, 0) is 27.1 Å². The molecule has 81 heavy (non-hydrogen) atoms. The van der Waals surface area contributed by atoms with Crippen molar-refractivity contribution in [2.75, 3.05) is 4.90 Å². The first-order valence-corrected chi connectivity index (χ1v) is 29.1. The Morgan fingerprint density at radius 2 is 0.741 bits per heavy atom. The molecule has 394 valence electrons. The van der Waals surface area contributed by atoms with Crippen molar-refractivity contribution in [1.82, 2.24) is 0 Å². The van der Waals surface area contributed by atoms with Crippen molar-refractivity contribution in [3.63, 3.8) is 0 Å². The number of nitrogens with zero attached hydrogens (tertiary/aromatic N) is 1. The predicted octanol–water partition coefficient (Wildman–Crippen LogP) is 21.1. The summed E-state index contributed by atoms with van der Waals surface area (Å²) < 4.78 is 0. The van der Waals surface area contributed by atoms with Gasteiger partial charge >= 0.3 is 0 Å². The van der Waals surface area contributed by atoms with Crippen LogP contribution in [0.1, 0.15) is 124 Å². The molecule has 14 rings (SSSR count). The lowest BCUT2D eigenvalue weighted by Gasteiger charge is -2.36. The lowest BCUT2D eigenvalue weighted by molar-refractivity contribution is 0.588. The molecule has 0 spiro atoms. The van der Waals surface area contributed by atoms with Gasteiger partial charge in [-0.05, 0) is 165 Å². The van der Waals surface area contributed by atoms with E-state index in [1.54, 1.807) is 0 Å². The van der Waals surface area contributed by atoms with Crippen molar-refractivity contribution >= 4 is 17.1 Å². The first-order chi connectivity index (χ1) is 39.1. The summed E-state index contributed by atoms with van der Waals surface area (Å²) in [5.74, 6) is 0. The maximum absolute atomic E-state index is 2.54. The standard InChI is InChI=1S/C80H69N/c1-76(2,3)54-37-41-57(42-38-54)80(58-43-39-55(40-44-58)77(4,5)6)71-32-19-15-25-62(71)65-49-47-60(51-73(65)80)81(74-33-20-16-27-66(74)68-29-21-28-67-63-26-13-17-30-69(63)78(7,8)75(67)68)59-45-34-52(35-46-59)53-36-48-64-61-24-14-18-31-70(61)79(9,72(64)50-53)56-22-11-10-12-23-56/h10-51H,1-9H3. The normalized spacial score (nSPS) is 16.0. The number of benzene rings is 11. The number of rotatable bonds is 8. The zero-order chi connectivity index (χ0) is 55.6. The number of hydrogen-bond acceptors (Lipinski definition) is 1. The van der Waals surface area contributed by atoms with Crippen molar-refractivity contribution in [3.8, 4) is 55.6 Å². The Labute approximate surface area is 480 Å². The van der Waals surface area contributed by atoms with Crippen LogP contribution < -0.4 is 4.90 Å². The van der Waals surface area contributed by atoms with E-state index in [1.807, 2.05) is 0 Å². The Bertz CT molecular complexity index is 4200. The van der Waals surface area contributed by atoms with Crippen LogP contribution in [0.15, 0.2) is 255 Å². The lowest BCUT2D eigenvalue weighted by atomic mass is 9.67. The van der Waals surface area contributed by atoms with Crippen molar-refractivity contribution in [3.05, 3.63) is 316 Å². The summed E-state index contributed by atoms with van der Waals surface area (Å²) in [7, 11) is 0. The van der Waals surface area contributed by atoms with Gasteiger partial charge < -0.3 is 4.90 Å². The Hall–Kier alpha value is -8.78. The summed E-state index contributed by atoms with van der Waals surface area (Å²) in [5.41, 5.74) is 29.4. The average molecular weight is 1040 g/mol. The van der Waals surface area contributed by atoms with Crippen LogP contribution in [0, 0.1) is 0 Å². The average Bonchev–Trinajstić information content (AvgIpc) is 4.27. The molecule has 3 aliphatic carbocycles. The van der Waals surface area contributed by atoms with E-state index in [0.717, 1.165) is 17.1 Å². The minimum atomic E-state index is -0.610. The smallest absolute Gasteiger partial charge is 0.0714 e. The van der Waals surface area contributed by atoms with Crippen LogP contribution in [0.4, 0.5) is 17.1 Å². The van der Waals surface area contributed by atoms with Crippen molar-refractivity contribution < 1.29 is 0 Å². The number of anilines is 3. The number of hydrogen-bond donors (Lipinski definition) is 0. The zero-order valence-electron chi connectivity index (χ0n) is 48.2. The minimum Gasteiger partial charge on any atom is -0.310 e. The number of fused-ring (bicyclic) bond motifs is 9. The Kier molecular flexibility index (Phi) is 11.4. The van der Waals surface area contributed by atoms with E-state index in [9.17, 15) is 0 Å². The molecule has 0 aromatic heterocycles. The molecule has 0 radical (unpaired) electrons.